The molecule has 4 rings (SSSR count). The van der Waals surface area contributed by atoms with Gasteiger partial charge in [0.2, 0.25) is 5.91 Å². The fourth-order valence-corrected chi connectivity index (χ4v) is 4.45. The van der Waals surface area contributed by atoms with Gasteiger partial charge in [-0.2, -0.15) is 5.10 Å². The number of aryl methyl sites for hydroxylation is 1. The van der Waals surface area contributed by atoms with E-state index in [0.717, 1.165) is 25.7 Å². The van der Waals surface area contributed by atoms with E-state index in [1.54, 1.807) is 7.05 Å². The molecular formula is C17H21N5O4. The van der Waals surface area contributed by atoms with Gasteiger partial charge < -0.3 is 10.0 Å². The van der Waals surface area contributed by atoms with Crippen molar-refractivity contribution in [2.75, 3.05) is 0 Å². The minimum absolute atomic E-state index is 0.0388. The first-order valence-corrected chi connectivity index (χ1v) is 8.88. The molecule has 1 N–H and O–H groups in total. The summed E-state index contributed by atoms with van der Waals surface area (Å²) in [6.07, 6.45) is 7.13. The summed E-state index contributed by atoms with van der Waals surface area (Å²) in [4.78, 5) is 42.9. The van der Waals surface area contributed by atoms with Gasteiger partial charge in [0.05, 0.1) is 6.20 Å². The zero-order valence-corrected chi connectivity index (χ0v) is 14.5. The normalized spacial score (nSPS) is 25.4. The fourth-order valence-electron chi connectivity index (χ4n) is 4.45. The number of carboxylic acid groups (broad SMARTS) is 1. The van der Waals surface area contributed by atoms with Crippen molar-refractivity contribution < 1.29 is 14.7 Å². The summed E-state index contributed by atoms with van der Waals surface area (Å²) in [6.45, 7) is -0.205. The van der Waals surface area contributed by atoms with Gasteiger partial charge in [-0.05, 0) is 25.2 Å². The number of rotatable bonds is 3. The Morgan fingerprint density at radius 1 is 1.31 bits per heavy atom. The third-order valence-electron chi connectivity index (χ3n) is 5.68. The lowest BCUT2D eigenvalue weighted by Gasteiger charge is -2.33. The molecule has 1 saturated heterocycles. The van der Waals surface area contributed by atoms with Crippen molar-refractivity contribution in [2.45, 2.75) is 50.7 Å². The van der Waals surface area contributed by atoms with Crippen LogP contribution in [0.4, 0.5) is 0 Å². The Balaban J connectivity index is 1.63. The molecule has 9 nitrogen and oxygen atoms in total. The van der Waals surface area contributed by atoms with E-state index in [0.29, 0.717) is 17.5 Å². The molecule has 0 bridgehead atoms. The molecule has 3 atom stereocenters. The van der Waals surface area contributed by atoms with Crippen LogP contribution < -0.4 is 5.56 Å². The third-order valence-corrected chi connectivity index (χ3v) is 5.68. The third kappa shape index (κ3) is 2.58. The maximum absolute atomic E-state index is 12.9. The second-order valence-corrected chi connectivity index (χ2v) is 7.19. The molecule has 0 spiro atoms. The molecule has 9 heteroatoms. The van der Waals surface area contributed by atoms with Crippen molar-refractivity contribution in [2.24, 2.45) is 13.0 Å². The van der Waals surface area contributed by atoms with Gasteiger partial charge in [-0.15, -0.1) is 0 Å². The van der Waals surface area contributed by atoms with E-state index in [1.807, 2.05) is 0 Å². The van der Waals surface area contributed by atoms with Gasteiger partial charge in [0.15, 0.2) is 5.65 Å². The molecule has 0 radical (unpaired) electrons. The molecule has 1 aliphatic carbocycles. The van der Waals surface area contributed by atoms with E-state index < -0.39 is 12.0 Å². The van der Waals surface area contributed by atoms with Gasteiger partial charge >= 0.3 is 5.97 Å². The van der Waals surface area contributed by atoms with Crippen LogP contribution in [0.25, 0.3) is 11.0 Å². The van der Waals surface area contributed by atoms with Gasteiger partial charge in [0.1, 0.15) is 24.3 Å². The first-order chi connectivity index (χ1) is 12.5. The van der Waals surface area contributed by atoms with E-state index in [2.05, 4.69) is 10.1 Å². The molecule has 138 valence electrons. The van der Waals surface area contributed by atoms with Crippen LogP contribution in [0.3, 0.4) is 0 Å². The van der Waals surface area contributed by atoms with Gasteiger partial charge in [0.25, 0.3) is 5.56 Å². The van der Waals surface area contributed by atoms with Crippen molar-refractivity contribution in [1.82, 2.24) is 24.2 Å². The number of hydrogen-bond donors (Lipinski definition) is 1. The number of aliphatic carboxylic acids is 1. The first-order valence-electron chi connectivity index (χ1n) is 8.88. The van der Waals surface area contributed by atoms with Crippen LogP contribution in [0, 0.1) is 5.92 Å². The second kappa shape index (κ2) is 6.22. The van der Waals surface area contributed by atoms with Crippen molar-refractivity contribution in [3.63, 3.8) is 0 Å². The summed E-state index contributed by atoms with van der Waals surface area (Å²) < 4.78 is 2.73. The summed E-state index contributed by atoms with van der Waals surface area (Å²) >= 11 is 0. The Kier molecular flexibility index (Phi) is 4.01. The van der Waals surface area contributed by atoms with Gasteiger partial charge in [-0.3, -0.25) is 18.8 Å². The first kappa shape index (κ1) is 16.7. The predicted octanol–water partition coefficient (Wildman–Crippen LogP) is 0.374. The molecule has 0 unspecified atom stereocenters. The molecule has 3 heterocycles. The average molecular weight is 359 g/mol. The number of carbonyl (C=O) groups is 2. The van der Waals surface area contributed by atoms with Gasteiger partial charge in [-0.1, -0.05) is 12.8 Å². The van der Waals surface area contributed by atoms with Gasteiger partial charge in [0, 0.05) is 13.1 Å². The SMILES string of the molecule is Cn1ncc2c(=O)n(CC(=O)N3[C@@H]4CCCC[C@@H]4C[C@H]3C(=O)O)cnc21. The van der Waals surface area contributed by atoms with Crippen LogP contribution in [0.15, 0.2) is 17.3 Å². The number of hydrogen-bond acceptors (Lipinski definition) is 5. The van der Waals surface area contributed by atoms with Crippen LogP contribution in [0.2, 0.25) is 0 Å². The fraction of sp³-hybridized carbons (Fsp3) is 0.588. The molecule has 26 heavy (non-hydrogen) atoms. The van der Waals surface area contributed by atoms with Crippen molar-refractivity contribution in [1.29, 1.82) is 0 Å². The van der Waals surface area contributed by atoms with Crippen LogP contribution in [-0.4, -0.2) is 53.3 Å². The summed E-state index contributed by atoms with van der Waals surface area (Å²) in [5, 5.41) is 13.9. The second-order valence-electron chi connectivity index (χ2n) is 7.19. The van der Waals surface area contributed by atoms with Crippen LogP contribution in [0.1, 0.15) is 32.1 Å². The highest BCUT2D eigenvalue weighted by Crippen LogP contribution is 2.39. The quantitative estimate of drug-likeness (QED) is 0.848. The lowest BCUT2D eigenvalue weighted by atomic mass is 9.85. The zero-order valence-electron chi connectivity index (χ0n) is 14.5. The number of fused-ring (bicyclic) bond motifs is 2. The zero-order chi connectivity index (χ0) is 18.4. The van der Waals surface area contributed by atoms with E-state index in [9.17, 15) is 19.5 Å². The van der Waals surface area contributed by atoms with Crippen molar-refractivity contribution >= 4 is 22.9 Å². The van der Waals surface area contributed by atoms with E-state index in [1.165, 1.54) is 26.7 Å². The van der Waals surface area contributed by atoms with Crippen molar-refractivity contribution in [3.05, 3.63) is 22.9 Å². The molecule has 2 aromatic rings. The van der Waals surface area contributed by atoms with Crippen LogP contribution in [-0.2, 0) is 23.2 Å². The Bertz CT molecular complexity index is 933. The smallest absolute Gasteiger partial charge is 0.326 e. The van der Waals surface area contributed by atoms with Crippen LogP contribution >= 0.6 is 0 Å². The molecule has 1 saturated carbocycles. The molecule has 2 fully saturated rings. The number of likely N-dealkylation sites (tertiary alicyclic amines) is 1. The Morgan fingerprint density at radius 3 is 2.85 bits per heavy atom. The molecule has 1 amide bonds. The number of carboxylic acids is 1. The standard InChI is InChI=1S/C17H21N5O4/c1-20-15-11(7-19-20)16(24)21(9-18-15)8-14(23)22-12-5-3-2-4-10(12)6-13(22)17(25)26/h7,9-10,12-13H,2-6,8H2,1H3,(H,25,26)/t10-,12-,13+/m1/s1. The minimum Gasteiger partial charge on any atom is -0.480 e. The summed E-state index contributed by atoms with van der Waals surface area (Å²) in [5.74, 6) is -1.07. The largest absolute Gasteiger partial charge is 0.480 e. The number of amides is 1. The minimum atomic E-state index is -0.971. The Labute approximate surface area is 149 Å². The molecule has 2 aliphatic rings. The lowest BCUT2D eigenvalue weighted by molar-refractivity contribution is -0.150. The lowest BCUT2D eigenvalue weighted by Crippen LogP contribution is -2.48. The van der Waals surface area contributed by atoms with Crippen molar-refractivity contribution in [3.8, 4) is 0 Å². The molecule has 1 aliphatic heterocycles. The Morgan fingerprint density at radius 2 is 2.08 bits per heavy atom. The van der Waals surface area contributed by atoms with Crippen LogP contribution in [0.5, 0.6) is 0 Å². The summed E-state index contributed by atoms with van der Waals surface area (Å²) in [5.41, 5.74) is 0.110. The maximum Gasteiger partial charge on any atom is 0.326 e. The Hall–Kier alpha value is -2.71. The van der Waals surface area contributed by atoms with E-state index in [-0.39, 0.29) is 30.0 Å². The number of nitrogens with zero attached hydrogens (tertiary/aromatic N) is 5. The maximum atomic E-state index is 12.9. The highest BCUT2D eigenvalue weighted by atomic mass is 16.4. The number of aromatic nitrogens is 4. The topological polar surface area (TPSA) is 110 Å². The predicted molar refractivity (Wildman–Crippen MR) is 91.4 cm³/mol. The molecule has 0 aromatic carbocycles. The molecule has 2 aromatic heterocycles. The summed E-state index contributed by atoms with van der Waals surface area (Å²) in [7, 11) is 1.69. The van der Waals surface area contributed by atoms with Gasteiger partial charge in [-0.25, -0.2) is 9.78 Å². The highest BCUT2D eigenvalue weighted by Gasteiger charge is 2.47. The van der Waals surface area contributed by atoms with E-state index >= 15 is 0 Å². The molecular weight excluding hydrogens is 338 g/mol. The summed E-state index contributed by atoms with van der Waals surface area (Å²) in [6, 6.07) is -0.843. The highest BCUT2D eigenvalue weighted by molar-refractivity contribution is 5.85. The number of carbonyl (C=O) groups excluding carboxylic acids is 1. The van der Waals surface area contributed by atoms with E-state index in [4.69, 9.17) is 0 Å². The monoisotopic (exact) mass is 359 g/mol. The average Bonchev–Trinajstić information content (AvgIpc) is 3.19.